The Kier molecular flexibility index (Phi) is 4.29. The predicted molar refractivity (Wildman–Crippen MR) is 64.8 cm³/mol. The highest BCUT2D eigenvalue weighted by Crippen LogP contribution is 2.16. The van der Waals surface area contributed by atoms with Crippen LogP contribution in [0.5, 0.6) is 0 Å². The van der Waals surface area contributed by atoms with Crippen molar-refractivity contribution >= 4 is 17.6 Å². The topological polar surface area (TPSA) is 66.4 Å². The van der Waals surface area contributed by atoms with Crippen LogP contribution in [0.3, 0.4) is 0 Å². The van der Waals surface area contributed by atoms with Crippen LogP contribution >= 0.6 is 0 Å². The lowest BCUT2D eigenvalue weighted by molar-refractivity contribution is -0.116. The van der Waals surface area contributed by atoms with Crippen LogP contribution in [0.2, 0.25) is 0 Å². The zero-order chi connectivity index (χ0) is 12.8. The van der Waals surface area contributed by atoms with Gasteiger partial charge in [-0.05, 0) is 30.7 Å². The van der Waals surface area contributed by atoms with Gasteiger partial charge >= 0.3 is 5.97 Å². The zero-order valence-electron chi connectivity index (χ0n) is 9.49. The maximum atomic E-state index is 11.4. The van der Waals surface area contributed by atoms with Gasteiger partial charge in [0.1, 0.15) is 0 Å². The molecule has 88 valence electrons. The van der Waals surface area contributed by atoms with E-state index in [4.69, 9.17) is 11.5 Å². The molecule has 0 fully saturated rings. The van der Waals surface area contributed by atoms with E-state index in [2.05, 4.69) is 11.2 Å². The van der Waals surface area contributed by atoms with Gasteiger partial charge in [-0.2, -0.15) is 0 Å². The molecule has 1 aromatic carbocycles. The fraction of sp³-hybridized carbons (Fsp3) is 0.231. The third kappa shape index (κ3) is 3.65. The van der Waals surface area contributed by atoms with Crippen molar-refractivity contribution in [2.45, 2.75) is 19.8 Å². The number of carbonyl (C=O) groups is 2. The van der Waals surface area contributed by atoms with Crippen LogP contribution in [0.25, 0.3) is 0 Å². The molecule has 17 heavy (non-hydrogen) atoms. The van der Waals surface area contributed by atoms with E-state index in [1.807, 2.05) is 0 Å². The van der Waals surface area contributed by atoms with E-state index in [9.17, 15) is 9.59 Å². The number of anilines is 1. The Hall–Kier alpha value is -2.28. The second-order valence-electron chi connectivity index (χ2n) is 3.59. The Labute approximate surface area is 99.7 Å². The number of benzene rings is 1. The number of hydrogen-bond acceptors (Lipinski definition) is 2. The summed E-state index contributed by atoms with van der Waals surface area (Å²) < 4.78 is 0. The van der Waals surface area contributed by atoms with Crippen molar-refractivity contribution < 1.29 is 14.7 Å². The number of aromatic carboxylic acids is 1. The Bertz CT molecular complexity index is 486. The molecule has 0 saturated heterocycles. The molecule has 0 aromatic heterocycles. The van der Waals surface area contributed by atoms with Gasteiger partial charge in [-0.15, -0.1) is 12.3 Å². The molecule has 1 aromatic rings. The Morgan fingerprint density at radius 2 is 2.18 bits per heavy atom. The molecular formula is C13H13NO3. The normalized spacial score (nSPS) is 9.41. The number of rotatable bonds is 4. The average molecular weight is 231 g/mol. The first-order valence-corrected chi connectivity index (χ1v) is 5.12. The Morgan fingerprint density at radius 3 is 2.71 bits per heavy atom. The SMILES string of the molecule is C#CCCC(=O)Nc1ccc(C(=O)O)cc1C. The Balaban J connectivity index is 2.76. The molecule has 0 aliphatic rings. The van der Waals surface area contributed by atoms with E-state index in [-0.39, 0.29) is 17.9 Å². The van der Waals surface area contributed by atoms with Crippen molar-refractivity contribution in [1.82, 2.24) is 0 Å². The van der Waals surface area contributed by atoms with Gasteiger partial charge in [0.2, 0.25) is 5.91 Å². The van der Waals surface area contributed by atoms with Crippen molar-refractivity contribution in [2.24, 2.45) is 0 Å². The van der Waals surface area contributed by atoms with Crippen molar-refractivity contribution in [2.75, 3.05) is 5.32 Å². The molecule has 1 amide bonds. The fourth-order valence-electron chi connectivity index (χ4n) is 1.34. The highest BCUT2D eigenvalue weighted by atomic mass is 16.4. The van der Waals surface area contributed by atoms with Crippen molar-refractivity contribution in [3.63, 3.8) is 0 Å². The van der Waals surface area contributed by atoms with Gasteiger partial charge in [0.15, 0.2) is 0 Å². The van der Waals surface area contributed by atoms with E-state index >= 15 is 0 Å². The molecule has 4 nitrogen and oxygen atoms in total. The smallest absolute Gasteiger partial charge is 0.335 e. The first kappa shape index (κ1) is 12.8. The minimum absolute atomic E-state index is 0.172. The van der Waals surface area contributed by atoms with Crippen LogP contribution < -0.4 is 5.32 Å². The summed E-state index contributed by atoms with van der Waals surface area (Å²) in [6.07, 6.45) is 5.71. The molecule has 0 aliphatic heterocycles. The first-order valence-electron chi connectivity index (χ1n) is 5.12. The van der Waals surface area contributed by atoms with Crippen LogP contribution in [-0.4, -0.2) is 17.0 Å². The van der Waals surface area contributed by atoms with Gasteiger partial charge in [0.05, 0.1) is 5.56 Å². The van der Waals surface area contributed by atoms with E-state index in [0.29, 0.717) is 17.7 Å². The van der Waals surface area contributed by atoms with Crippen molar-refractivity contribution in [3.05, 3.63) is 29.3 Å². The summed E-state index contributed by atoms with van der Waals surface area (Å²) in [5.74, 6) is 1.22. The van der Waals surface area contributed by atoms with Gasteiger partial charge in [0, 0.05) is 18.5 Å². The van der Waals surface area contributed by atoms with Gasteiger partial charge < -0.3 is 10.4 Å². The lowest BCUT2D eigenvalue weighted by atomic mass is 10.1. The molecular weight excluding hydrogens is 218 g/mol. The molecule has 0 radical (unpaired) electrons. The molecule has 0 spiro atoms. The average Bonchev–Trinajstić information content (AvgIpc) is 2.28. The minimum Gasteiger partial charge on any atom is -0.478 e. The number of terminal acetylenes is 1. The molecule has 4 heteroatoms. The highest BCUT2D eigenvalue weighted by molar-refractivity contribution is 5.93. The number of carbonyl (C=O) groups excluding carboxylic acids is 1. The standard InChI is InChI=1S/C13H13NO3/c1-3-4-5-12(15)14-11-7-6-10(13(16)17)8-9(11)2/h1,6-8H,4-5H2,2H3,(H,14,15)(H,16,17). The molecule has 0 unspecified atom stereocenters. The fourth-order valence-corrected chi connectivity index (χ4v) is 1.34. The molecule has 0 aliphatic carbocycles. The van der Waals surface area contributed by atoms with E-state index in [1.165, 1.54) is 12.1 Å². The second-order valence-corrected chi connectivity index (χ2v) is 3.59. The third-order valence-corrected chi connectivity index (χ3v) is 2.24. The predicted octanol–water partition coefficient (Wildman–Crippen LogP) is 2.05. The lowest BCUT2D eigenvalue weighted by Crippen LogP contribution is -2.12. The van der Waals surface area contributed by atoms with Crippen LogP contribution in [0.15, 0.2) is 18.2 Å². The number of carboxylic acids is 1. The van der Waals surface area contributed by atoms with E-state index in [0.717, 1.165) is 0 Å². The minimum atomic E-state index is -0.988. The molecule has 0 heterocycles. The summed E-state index contributed by atoms with van der Waals surface area (Å²) in [4.78, 5) is 22.1. The third-order valence-electron chi connectivity index (χ3n) is 2.24. The highest BCUT2D eigenvalue weighted by Gasteiger charge is 2.07. The first-order chi connectivity index (χ1) is 8.04. The maximum Gasteiger partial charge on any atom is 0.335 e. The van der Waals surface area contributed by atoms with Crippen molar-refractivity contribution in [3.8, 4) is 12.3 Å². The van der Waals surface area contributed by atoms with Crippen molar-refractivity contribution in [1.29, 1.82) is 0 Å². The number of nitrogens with one attached hydrogen (secondary N) is 1. The van der Waals surface area contributed by atoms with Crippen LogP contribution in [0.4, 0.5) is 5.69 Å². The van der Waals surface area contributed by atoms with E-state index < -0.39 is 5.97 Å². The van der Waals surface area contributed by atoms with Crippen LogP contribution in [-0.2, 0) is 4.79 Å². The summed E-state index contributed by atoms with van der Waals surface area (Å²) in [6.45, 7) is 1.74. The Morgan fingerprint density at radius 1 is 1.47 bits per heavy atom. The number of aryl methyl sites for hydroxylation is 1. The number of carboxylic acid groups (broad SMARTS) is 1. The van der Waals surface area contributed by atoms with E-state index in [1.54, 1.807) is 13.0 Å². The maximum absolute atomic E-state index is 11.4. The summed E-state index contributed by atoms with van der Waals surface area (Å²) >= 11 is 0. The molecule has 0 bridgehead atoms. The number of amides is 1. The summed E-state index contributed by atoms with van der Waals surface area (Å²) in [6, 6.07) is 4.54. The van der Waals surface area contributed by atoms with Crippen LogP contribution in [0, 0.1) is 19.3 Å². The second kappa shape index (κ2) is 5.71. The van der Waals surface area contributed by atoms with Gasteiger partial charge in [-0.1, -0.05) is 0 Å². The van der Waals surface area contributed by atoms with Crippen LogP contribution in [0.1, 0.15) is 28.8 Å². The molecule has 2 N–H and O–H groups in total. The monoisotopic (exact) mass is 231 g/mol. The van der Waals surface area contributed by atoms with Gasteiger partial charge in [0.25, 0.3) is 0 Å². The molecule has 0 atom stereocenters. The summed E-state index contributed by atoms with van der Waals surface area (Å²) in [5.41, 5.74) is 1.51. The largest absolute Gasteiger partial charge is 0.478 e. The van der Waals surface area contributed by atoms with Gasteiger partial charge in [-0.25, -0.2) is 4.79 Å². The zero-order valence-corrected chi connectivity index (χ0v) is 9.49. The summed E-state index contributed by atoms with van der Waals surface area (Å²) in [7, 11) is 0. The number of hydrogen-bond donors (Lipinski definition) is 2. The van der Waals surface area contributed by atoms with Gasteiger partial charge in [-0.3, -0.25) is 4.79 Å². The quantitative estimate of drug-likeness (QED) is 0.779. The lowest BCUT2D eigenvalue weighted by Gasteiger charge is -2.08. The summed E-state index contributed by atoms with van der Waals surface area (Å²) in [5, 5.41) is 11.5. The molecule has 0 saturated carbocycles. The molecule has 1 rings (SSSR count).